The molecule has 1 aliphatic heterocycles. The third kappa shape index (κ3) is 1.37. The molecule has 1 heterocycles. The summed E-state index contributed by atoms with van der Waals surface area (Å²) in [7, 11) is 0. The summed E-state index contributed by atoms with van der Waals surface area (Å²) >= 11 is 0. The van der Waals surface area contributed by atoms with Crippen LogP contribution in [0.2, 0.25) is 0 Å². The predicted molar refractivity (Wildman–Crippen MR) is 69.1 cm³/mol. The molecule has 86 valence electrons. The van der Waals surface area contributed by atoms with E-state index in [2.05, 4.69) is 49.9 Å². The van der Waals surface area contributed by atoms with E-state index in [1.807, 2.05) is 0 Å². The highest BCUT2D eigenvalue weighted by molar-refractivity contribution is 5.62. The van der Waals surface area contributed by atoms with Crippen molar-refractivity contribution in [3.8, 4) is 0 Å². The molecular weight excluding hydrogens is 194 g/mol. The van der Waals surface area contributed by atoms with E-state index >= 15 is 0 Å². The van der Waals surface area contributed by atoms with Crippen LogP contribution in [0.3, 0.4) is 0 Å². The first-order valence-corrected chi connectivity index (χ1v) is 6.40. The van der Waals surface area contributed by atoms with Gasteiger partial charge in [-0.1, -0.05) is 18.2 Å². The predicted octanol–water partition coefficient (Wildman–Crippen LogP) is 3.73. The summed E-state index contributed by atoms with van der Waals surface area (Å²) in [6, 6.07) is 9.03. The van der Waals surface area contributed by atoms with E-state index in [-0.39, 0.29) is 5.54 Å². The van der Waals surface area contributed by atoms with Gasteiger partial charge >= 0.3 is 0 Å². The first-order valence-electron chi connectivity index (χ1n) is 6.40. The van der Waals surface area contributed by atoms with Gasteiger partial charge in [0.25, 0.3) is 0 Å². The Hall–Kier alpha value is -0.980. The first-order chi connectivity index (χ1) is 7.53. The summed E-state index contributed by atoms with van der Waals surface area (Å²) in [5.41, 5.74) is 3.90. The van der Waals surface area contributed by atoms with Crippen molar-refractivity contribution in [2.75, 3.05) is 11.4 Å². The van der Waals surface area contributed by atoms with E-state index in [0.717, 1.165) is 0 Å². The van der Waals surface area contributed by atoms with Crippen molar-refractivity contribution in [3.05, 3.63) is 29.8 Å². The lowest BCUT2D eigenvalue weighted by Gasteiger charge is -2.44. The molecule has 1 aromatic rings. The van der Waals surface area contributed by atoms with Crippen LogP contribution in [0, 0.1) is 0 Å². The minimum atomic E-state index is 0.243. The summed E-state index contributed by atoms with van der Waals surface area (Å²) < 4.78 is 0. The smallest absolute Gasteiger partial charge is 0.0408 e. The molecule has 0 saturated heterocycles. The fourth-order valence-corrected chi connectivity index (χ4v) is 3.11. The molecule has 1 aromatic carbocycles. The number of fused-ring (bicyclic) bond motifs is 2. The van der Waals surface area contributed by atoms with Crippen LogP contribution in [0.1, 0.15) is 45.6 Å². The minimum Gasteiger partial charge on any atom is -0.366 e. The van der Waals surface area contributed by atoms with Gasteiger partial charge in [0.05, 0.1) is 0 Å². The molecule has 2 aliphatic rings. The third-order valence-corrected chi connectivity index (χ3v) is 4.24. The Balaban J connectivity index is 2.09. The molecule has 0 unspecified atom stereocenters. The topological polar surface area (TPSA) is 3.24 Å². The Bertz CT molecular complexity index is 410. The molecule has 1 nitrogen and oxygen atoms in total. The summed E-state index contributed by atoms with van der Waals surface area (Å²) in [5.74, 6) is 0. The Morgan fingerprint density at radius 3 is 2.38 bits per heavy atom. The molecule has 0 aromatic heterocycles. The molecule has 3 rings (SSSR count). The monoisotopic (exact) mass is 215 g/mol. The van der Waals surface area contributed by atoms with Gasteiger partial charge in [0, 0.05) is 17.8 Å². The Morgan fingerprint density at radius 2 is 1.75 bits per heavy atom. The summed E-state index contributed by atoms with van der Waals surface area (Å²) in [6.45, 7) is 8.17. The zero-order valence-electron chi connectivity index (χ0n) is 10.6. The minimum absolute atomic E-state index is 0.243. The van der Waals surface area contributed by atoms with E-state index in [9.17, 15) is 0 Å². The van der Waals surface area contributed by atoms with Crippen molar-refractivity contribution in [1.29, 1.82) is 0 Å². The van der Waals surface area contributed by atoms with E-state index < -0.39 is 0 Å². The number of para-hydroxylation sites is 1. The lowest BCUT2D eigenvalue weighted by atomic mass is 9.85. The maximum Gasteiger partial charge on any atom is 0.0408 e. The summed E-state index contributed by atoms with van der Waals surface area (Å²) in [6.07, 6.45) is 4.16. The molecular formula is C15H21N. The van der Waals surface area contributed by atoms with Gasteiger partial charge in [-0.05, 0) is 57.1 Å². The highest BCUT2D eigenvalue weighted by Gasteiger charge is 2.49. The van der Waals surface area contributed by atoms with E-state index in [1.165, 1.54) is 31.5 Å². The fraction of sp³-hybridized carbons (Fsp3) is 0.600. The van der Waals surface area contributed by atoms with Crippen LogP contribution < -0.4 is 4.90 Å². The highest BCUT2D eigenvalue weighted by atomic mass is 15.2. The van der Waals surface area contributed by atoms with Crippen molar-refractivity contribution in [3.63, 3.8) is 0 Å². The summed E-state index contributed by atoms with van der Waals surface area (Å²) in [4.78, 5) is 2.58. The zero-order chi connectivity index (χ0) is 11.4. The molecule has 1 spiro atoms. The van der Waals surface area contributed by atoms with E-state index in [4.69, 9.17) is 0 Å². The molecule has 1 aliphatic carbocycles. The van der Waals surface area contributed by atoms with Crippen LogP contribution in [-0.2, 0) is 5.41 Å². The standard InChI is InChI=1S/C15H21N/c1-14(2,3)16-11-10-15(8-9-15)12-6-4-5-7-13(12)16/h4-7H,8-11H2,1-3H3. The molecule has 0 atom stereocenters. The molecule has 1 saturated carbocycles. The van der Waals surface area contributed by atoms with Crippen molar-refractivity contribution < 1.29 is 0 Å². The van der Waals surface area contributed by atoms with Crippen LogP contribution in [0.25, 0.3) is 0 Å². The molecule has 1 fully saturated rings. The number of anilines is 1. The second-order valence-corrected chi connectivity index (χ2v) is 6.37. The van der Waals surface area contributed by atoms with Crippen LogP contribution in [-0.4, -0.2) is 12.1 Å². The van der Waals surface area contributed by atoms with Crippen LogP contribution >= 0.6 is 0 Å². The van der Waals surface area contributed by atoms with Gasteiger partial charge in [0.1, 0.15) is 0 Å². The fourth-order valence-electron chi connectivity index (χ4n) is 3.11. The van der Waals surface area contributed by atoms with Gasteiger partial charge in [0.2, 0.25) is 0 Å². The van der Waals surface area contributed by atoms with Crippen molar-refractivity contribution in [2.24, 2.45) is 0 Å². The molecule has 0 amide bonds. The van der Waals surface area contributed by atoms with Gasteiger partial charge < -0.3 is 4.90 Å². The van der Waals surface area contributed by atoms with Gasteiger partial charge in [-0.2, -0.15) is 0 Å². The Morgan fingerprint density at radius 1 is 1.06 bits per heavy atom. The van der Waals surface area contributed by atoms with Crippen molar-refractivity contribution >= 4 is 5.69 Å². The van der Waals surface area contributed by atoms with Crippen molar-refractivity contribution in [1.82, 2.24) is 0 Å². The molecule has 0 radical (unpaired) electrons. The largest absolute Gasteiger partial charge is 0.366 e. The van der Waals surface area contributed by atoms with Crippen LogP contribution in [0.5, 0.6) is 0 Å². The Kier molecular flexibility index (Phi) is 1.93. The van der Waals surface area contributed by atoms with Gasteiger partial charge in [-0.3, -0.25) is 0 Å². The van der Waals surface area contributed by atoms with Gasteiger partial charge in [-0.15, -0.1) is 0 Å². The third-order valence-electron chi connectivity index (χ3n) is 4.24. The Labute approximate surface area is 98.5 Å². The average molecular weight is 215 g/mol. The number of hydrogen-bond acceptors (Lipinski definition) is 1. The molecule has 1 heteroatoms. The first kappa shape index (κ1) is 10.2. The molecule has 16 heavy (non-hydrogen) atoms. The van der Waals surface area contributed by atoms with E-state index in [0.29, 0.717) is 5.41 Å². The molecule has 0 bridgehead atoms. The van der Waals surface area contributed by atoms with Crippen LogP contribution in [0.4, 0.5) is 5.69 Å². The highest BCUT2D eigenvalue weighted by Crippen LogP contribution is 2.56. The SMILES string of the molecule is CC(C)(C)N1CCC2(CC2)c2ccccc21. The lowest BCUT2D eigenvalue weighted by molar-refractivity contribution is 0.451. The quantitative estimate of drug-likeness (QED) is 0.637. The second kappa shape index (κ2) is 3.03. The number of nitrogens with zero attached hydrogens (tertiary/aromatic N) is 1. The van der Waals surface area contributed by atoms with Gasteiger partial charge in [0.15, 0.2) is 0 Å². The number of hydrogen-bond donors (Lipinski definition) is 0. The maximum absolute atomic E-state index is 2.58. The van der Waals surface area contributed by atoms with Crippen molar-refractivity contribution in [2.45, 2.75) is 51.0 Å². The summed E-state index contributed by atoms with van der Waals surface area (Å²) in [5, 5.41) is 0. The molecule has 0 N–H and O–H groups in total. The average Bonchev–Trinajstić information content (AvgIpc) is 2.98. The second-order valence-electron chi connectivity index (χ2n) is 6.37. The van der Waals surface area contributed by atoms with E-state index in [1.54, 1.807) is 5.56 Å². The van der Waals surface area contributed by atoms with Crippen LogP contribution in [0.15, 0.2) is 24.3 Å². The lowest BCUT2D eigenvalue weighted by Crippen LogP contribution is -2.46. The maximum atomic E-state index is 2.58. The zero-order valence-corrected chi connectivity index (χ0v) is 10.6. The number of benzene rings is 1. The van der Waals surface area contributed by atoms with Gasteiger partial charge in [-0.25, -0.2) is 0 Å². The number of rotatable bonds is 0. The normalized spacial score (nSPS) is 22.1.